The first-order valence-corrected chi connectivity index (χ1v) is 8.37. The van der Waals surface area contributed by atoms with E-state index >= 15 is 0 Å². The van der Waals surface area contributed by atoms with Crippen molar-refractivity contribution in [3.8, 4) is 6.07 Å². The maximum absolute atomic E-state index is 12.5. The third kappa shape index (κ3) is 3.10. The van der Waals surface area contributed by atoms with Crippen molar-refractivity contribution in [2.24, 2.45) is 5.92 Å². The average molecular weight is 298 g/mol. The molecular weight excluding hydrogens is 282 g/mol. The smallest absolute Gasteiger partial charge is 0.194 e. The number of halogens is 1. The predicted molar refractivity (Wildman–Crippen MR) is 74.6 cm³/mol. The molecule has 0 radical (unpaired) electrons. The second kappa shape index (κ2) is 5.94. The third-order valence-corrected chi connectivity index (χ3v) is 6.02. The van der Waals surface area contributed by atoms with E-state index in [0.717, 1.165) is 32.1 Å². The van der Waals surface area contributed by atoms with Crippen molar-refractivity contribution in [3.63, 3.8) is 0 Å². The lowest BCUT2D eigenvalue weighted by atomic mass is 9.87. The van der Waals surface area contributed by atoms with Crippen LogP contribution in [0.1, 0.15) is 32.1 Å². The normalized spacial score (nSPS) is 18.7. The molecular formula is C14H16ClNO2S. The molecule has 0 amide bonds. The Hall–Kier alpha value is -1.05. The summed E-state index contributed by atoms with van der Waals surface area (Å²) in [6.07, 6.45) is 4.81. The Balaban J connectivity index is 2.30. The van der Waals surface area contributed by atoms with E-state index in [1.165, 1.54) is 12.1 Å². The summed E-state index contributed by atoms with van der Waals surface area (Å²) in [6, 6.07) is 8.05. The molecule has 102 valence electrons. The van der Waals surface area contributed by atoms with Gasteiger partial charge in [0.15, 0.2) is 15.1 Å². The van der Waals surface area contributed by atoms with Crippen molar-refractivity contribution in [2.45, 2.75) is 42.2 Å². The SMILES string of the molecule is N#CC(C1CCCCC1)S(=O)(=O)c1ccc(Cl)cc1. The first kappa shape index (κ1) is 14.4. The van der Waals surface area contributed by atoms with E-state index in [2.05, 4.69) is 0 Å². The minimum atomic E-state index is -3.59. The molecule has 1 aromatic rings. The Bertz CT molecular complexity index is 568. The maximum Gasteiger partial charge on any atom is 0.194 e. The highest BCUT2D eigenvalue weighted by Crippen LogP contribution is 2.32. The molecule has 1 aliphatic carbocycles. The number of benzene rings is 1. The first-order chi connectivity index (χ1) is 9.05. The number of hydrogen-bond donors (Lipinski definition) is 0. The number of rotatable bonds is 3. The van der Waals surface area contributed by atoms with E-state index in [1.807, 2.05) is 6.07 Å². The topological polar surface area (TPSA) is 57.9 Å². The number of sulfone groups is 1. The van der Waals surface area contributed by atoms with Crippen molar-refractivity contribution in [1.29, 1.82) is 5.26 Å². The zero-order chi connectivity index (χ0) is 13.9. The van der Waals surface area contributed by atoms with Crippen LogP contribution < -0.4 is 0 Å². The Labute approximate surface area is 119 Å². The zero-order valence-corrected chi connectivity index (χ0v) is 12.1. The maximum atomic E-state index is 12.5. The summed E-state index contributed by atoms with van der Waals surface area (Å²) in [5, 5.41) is 8.83. The van der Waals surface area contributed by atoms with Gasteiger partial charge < -0.3 is 0 Å². The molecule has 0 saturated heterocycles. The third-order valence-electron chi connectivity index (χ3n) is 3.68. The Morgan fingerprint density at radius 2 is 1.74 bits per heavy atom. The fourth-order valence-corrected chi connectivity index (χ4v) is 4.49. The lowest BCUT2D eigenvalue weighted by Crippen LogP contribution is -2.30. The van der Waals surface area contributed by atoms with Crippen molar-refractivity contribution < 1.29 is 8.42 Å². The van der Waals surface area contributed by atoms with Crippen LogP contribution in [0, 0.1) is 17.2 Å². The van der Waals surface area contributed by atoms with Gasteiger partial charge in [-0.2, -0.15) is 5.26 Å². The summed E-state index contributed by atoms with van der Waals surface area (Å²) in [7, 11) is -3.59. The van der Waals surface area contributed by atoms with Gasteiger partial charge in [-0.25, -0.2) is 8.42 Å². The van der Waals surface area contributed by atoms with Crippen molar-refractivity contribution in [3.05, 3.63) is 29.3 Å². The lowest BCUT2D eigenvalue weighted by molar-refractivity contribution is 0.362. The molecule has 0 N–H and O–H groups in total. The summed E-state index contributed by atoms with van der Waals surface area (Å²) in [5.74, 6) is -0.0422. The van der Waals surface area contributed by atoms with Crippen LogP contribution in [0.4, 0.5) is 0 Å². The highest BCUT2D eigenvalue weighted by atomic mass is 35.5. The largest absolute Gasteiger partial charge is 0.222 e. The van der Waals surface area contributed by atoms with E-state index in [1.54, 1.807) is 12.1 Å². The monoisotopic (exact) mass is 297 g/mol. The van der Waals surface area contributed by atoms with Crippen molar-refractivity contribution in [2.75, 3.05) is 0 Å². The summed E-state index contributed by atoms with van der Waals surface area (Å²) >= 11 is 5.76. The molecule has 19 heavy (non-hydrogen) atoms. The Morgan fingerprint density at radius 3 is 2.26 bits per heavy atom. The van der Waals surface area contributed by atoms with Gasteiger partial charge in [-0.3, -0.25) is 0 Å². The van der Waals surface area contributed by atoms with E-state index in [-0.39, 0.29) is 10.8 Å². The molecule has 0 aromatic heterocycles. The van der Waals surface area contributed by atoms with Crippen LogP contribution in [-0.2, 0) is 9.84 Å². The summed E-state index contributed by atoms with van der Waals surface area (Å²) in [5.41, 5.74) is 0. The average Bonchev–Trinajstić information content (AvgIpc) is 2.41. The molecule has 2 rings (SSSR count). The van der Waals surface area contributed by atoms with Gasteiger partial charge in [-0.05, 0) is 43.0 Å². The second-order valence-corrected chi connectivity index (χ2v) is 7.45. The number of hydrogen-bond acceptors (Lipinski definition) is 3. The molecule has 1 aliphatic rings. The minimum absolute atomic E-state index is 0.0422. The first-order valence-electron chi connectivity index (χ1n) is 6.45. The van der Waals surface area contributed by atoms with Crippen LogP contribution in [-0.4, -0.2) is 13.7 Å². The molecule has 1 fully saturated rings. The van der Waals surface area contributed by atoms with Crippen LogP contribution in [0.5, 0.6) is 0 Å². The fourth-order valence-electron chi connectivity index (χ4n) is 2.64. The fraction of sp³-hybridized carbons (Fsp3) is 0.500. The summed E-state index contributed by atoms with van der Waals surface area (Å²) in [6.45, 7) is 0. The Kier molecular flexibility index (Phi) is 4.49. The molecule has 1 atom stereocenters. The molecule has 0 aliphatic heterocycles. The zero-order valence-electron chi connectivity index (χ0n) is 10.5. The minimum Gasteiger partial charge on any atom is -0.222 e. The van der Waals surface area contributed by atoms with Crippen LogP contribution in [0.2, 0.25) is 5.02 Å². The van der Waals surface area contributed by atoms with Gasteiger partial charge in [0, 0.05) is 5.02 Å². The molecule has 1 unspecified atom stereocenters. The second-order valence-electron chi connectivity index (χ2n) is 4.95. The van der Waals surface area contributed by atoms with Crippen molar-refractivity contribution >= 4 is 21.4 Å². The number of nitriles is 1. The molecule has 0 spiro atoms. The van der Waals surface area contributed by atoms with Gasteiger partial charge in [0.25, 0.3) is 0 Å². The molecule has 5 heteroatoms. The van der Waals surface area contributed by atoms with Crippen LogP contribution in [0.3, 0.4) is 0 Å². The van der Waals surface area contributed by atoms with Gasteiger partial charge in [0.1, 0.15) is 0 Å². The predicted octanol–water partition coefficient (Wildman–Crippen LogP) is 3.59. The van der Waals surface area contributed by atoms with E-state index in [9.17, 15) is 13.7 Å². The summed E-state index contributed by atoms with van der Waals surface area (Å²) < 4.78 is 25.0. The van der Waals surface area contributed by atoms with Gasteiger partial charge >= 0.3 is 0 Å². The van der Waals surface area contributed by atoms with E-state index in [0.29, 0.717) is 5.02 Å². The van der Waals surface area contributed by atoms with E-state index in [4.69, 9.17) is 11.6 Å². The van der Waals surface area contributed by atoms with Crippen LogP contribution in [0.25, 0.3) is 0 Å². The van der Waals surface area contributed by atoms with Gasteiger partial charge in [0.2, 0.25) is 0 Å². The lowest BCUT2D eigenvalue weighted by Gasteiger charge is -2.25. The standard InChI is InChI=1S/C14H16ClNO2S/c15-12-6-8-13(9-7-12)19(17,18)14(10-16)11-4-2-1-3-5-11/h6-9,11,14H,1-5H2. The van der Waals surface area contributed by atoms with Crippen LogP contribution in [0.15, 0.2) is 29.2 Å². The molecule has 1 saturated carbocycles. The van der Waals surface area contributed by atoms with Gasteiger partial charge in [-0.15, -0.1) is 0 Å². The molecule has 0 bridgehead atoms. The summed E-state index contributed by atoms with van der Waals surface area (Å²) in [4.78, 5) is 0.189. The number of nitrogens with zero attached hydrogens (tertiary/aromatic N) is 1. The van der Waals surface area contributed by atoms with E-state index < -0.39 is 15.1 Å². The van der Waals surface area contributed by atoms with Gasteiger partial charge in [0.05, 0.1) is 11.0 Å². The Morgan fingerprint density at radius 1 is 1.16 bits per heavy atom. The highest BCUT2D eigenvalue weighted by Gasteiger charge is 2.35. The molecule has 0 heterocycles. The molecule has 1 aromatic carbocycles. The quantitative estimate of drug-likeness (QED) is 0.856. The van der Waals surface area contributed by atoms with Gasteiger partial charge in [-0.1, -0.05) is 30.9 Å². The van der Waals surface area contributed by atoms with Crippen LogP contribution >= 0.6 is 11.6 Å². The molecule has 3 nitrogen and oxygen atoms in total. The van der Waals surface area contributed by atoms with Crippen molar-refractivity contribution in [1.82, 2.24) is 0 Å². The highest BCUT2D eigenvalue weighted by molar-refractivity contribution is 7.92.